The van der Waals surface area contributed by atoms with Crippen molar-refractivity contribution in [2.45, 2.75) is 6.54 Å². The lowest BCUT2D eigenvalue weighted by Gasteiger charge is -1.99. The minimum atomic E-state index is -0.401. The number of hydrogen-bond acceptors (Lipinski definition) is 5. The Labute approximate surface area is 63.0 Å². The van der Waals surface area contributed by atoms with Crippen molar-refractivity contribution in [1.29, 1.82) is 0 Å². The number of methoxy groups -OCH3 is 1. The molecule has 1 heterocycles. The predicted octanol–water partition coefficient (Wildman–Crippen LogP) is -0.967. The molecule has 0 spiro atoms. The molecule has 0 aliphatic rings. The molecule has 0 amide bonds. The van der Waals surface area contributed by atoms with Gasteiger partial charge < -0.3 is 10.5 Å². The van der Waals surface area contributed by atoms with Gasteiger partial charge in [0.2, 0.25) is 5.95 Å². The fourth-order valence-corrected chi connectivity index (χ4v) is 0.582. The summed E-state index contributed by atoms with van der Waals surface area (Å²) in [7, 11) is 1.30. The Kier molecular flexibility index (Phi) is 2.05. The number of hydrogen-bond donors (Lipinski definition) is 1. The van der Waals surface area contributed by atoms with Crippen LogP contribution in [0, 0.1) is 0 Å². The quantitative estimate of drug-likeness (QED) is 0.557. The molecule has 0 radical (unpaired) electrons. The summed E-state index contributed by atoms with van der Waals surface area (Å²) < 4.78 is 5.65. The fourth-order valence-electron chi connectivity index (χ4n) is 0.582. The molecular weight excluding hydrogens is 148 g/mol. The summed E-state index contributed by atoms with van der Waals surface area (Å²) in [5.41, 5.74) is 5.33. The van der Waals surface area contributed by atoms with Crippen LogP contribution < -0.4 is 5.73 Å². The SMILES string of the molecule is COC(=O)Cn1ncnc1N. The molecule has 0 aromatic carbocycles. The number of nitrogens with two attached hydrogens (primary N) is 1. The van der Waals surface area contributed by atoms with Gasteiger partial charge in [-0.05, 0) is 0 Å². The smallest absolute Gasteiger partial charge is 0.327 e. The second kappa shape index (κ2) is 3.00. The van der Waals surface area contributed by atoms with Crippen LogP contribution in [0.5, 0.6) is 0 Å². The number of nitrogen functional groups attached to an aromatic ring is 1. The van der Waals surface area contributed by atoms with Crippen LogP contribution in [0.15, 0.2) is 6.33 Å². The van der Waals surface area contributed by atoms with Crippen molar-refractivity contribution in [1.82, 2.24) is 14.8 Å². The zero-order chi connectivity index (χ0) is 8.27. The summed E-state index contributed by atoms with van der Waals surface area (Å²) >= 11 is 0. The Morgan fingerprint density at radius 1 is 1.91 bits per heavy atom. The first-order valence-electron chi connectivity index (χ1n) is 2.94. The van der Waals surface area contributed by atoms with E-state index in [1.807, 2.05) is 0 Å². The van der Waals surface area contributed by atoms with Crippen LogP contribution in [0.25, 0.3) is 0 Å². The highest BCUT2D eigenvalue weighted by Crippen LogP contribution is 1.93. The molecule has 0 aliphatic heterocycles. The van der Waals surface area contributed by atoms with Crippen molar-refractivity contribution in [2.24, 2.45) is 0 Å². The van der Waals surface area contributed by atoms with Gasteiger partial charge in [0.25, 0.3) is 0 Å². The van der Waals surface area contributed by atoms with Crippen LogP contribution >= 0.6 is 0 Å². The van der Waals surface area contributed by atoms with E-state index in [-0.39, 0.29) is 12.5 Å². The van der Waals surface area contributed by atoms with E-state index in [1.54, 1.807) is 0 Å². The normalized spacial score (nSPS) is 9.55. The summed E-state index contributed by atoms with van der Waals surface area (Å²) in [5.74, 6) is -0.197. The van der Waals surface area contributed by atoms with E-state index in [0.29, 0.717) is 0 Å². The number of aromatic nitrogens is 3. The van der Waals surface area contributed by atoms with Crippen LogP contribution in [-0.2, 0) is 16.1 Å². The van der Waals surface area contributed by atoms with Crippen LogP contribution in [0.2, 0.25) is 0 Å². The Morgan fingerprint density at radius 2 is 2.64 bits per heavy atom. The average molecular weight is 156 g/mol. The molecule has 1 rings (SSSR count). The minimum Gasteiger partial charge on any atom is -0.468 e. The van der Waals surface area contributed by atoms with E-state index in [4.69, 9.17) is 5.73 Å². The molecule has 0 atom stereocenters. The van der Waals surface area contributed by atoms with Gasteiger partial charge in [0.05, 0.1) is 7.11 Å². The van der Waals surface area contributed by atoms with Crippen LogP contribution in [-0.4, -0.2) is 27.8 Å². The molecule has 2 N–H and O–H groups in total. The van der Waals surface area contributed by atoms with Gasteiger partial charge in [-0.1, -0.05) is 0 Å². The molecule has 0 saturated carbocycles. The summed E-state index contributed by atoms with van der Waals surface area (Å²) in [6.45, 7) is 0.00231. The predicted molar refractivity (Wildman–Crippen MR) is 36.5 cm³/mol. The Hall–Kier alpha value is -1.59. The van der Waals surface area contributed by atoms with E-state index in [0.717, 1.165) is 0 Å². The van der Waals surface area contributed by atoms with E-state index in [2.05, 4.69) is 14.8 Å². The number of nitrogens with zero attached hydrogens (tertiary/aromatic N) is 3. The summed E-state index contributed by atoms with van der Waals surface area (Å²) in [5, 5.41) is 3.68. The Morgan fingerprint density at radius 3 is 3.09 bits per heavy atom. The van der Waals surface area contributed by atoms with Gasteiger partial charge >= 0.3 is 5.97 Å². The van der Waals surface area contributed by atoms with Crippen molar-refractivity contribution in [3.8, 4) is 0 Å². The summed E-state index contributed by atoms with van der Waals surface area (Å²) in [6, 6.07) is 0. The topological polar surface area (TPSA) is 83.0 Å². The Balaban J connectivity index is 2.64. The number of esters is 1. The van der Waals surface area contributed by atoms with Crippen molar-refractivity contribution < 1.29 is 9.53 Å². The first kappa shape index (κ1) is 7.52. The van der Waals surface area contributed by atoms with E-state index in [9.17, 15) is 4.79 Å². The van der Waals surface area contributed by atoms with Crippen molar-refractivity contribution in [3.63, 3.8) is 0 Å². The van der Waals surface area contributed by atoms with Gasteiger partial charge in [0.15, 0.2) is 0 Å². The molecule has 6 heteroatoms. The van der Waals surface area contributed by atoms with Gasteiger partial charge in [0.1, 0.15) is 12.9 Å². The lowest BCUT2D eigenvalue weighted by molar-refractivity contribution is -0.141. The molecule has 11 heavy (non-hydrogen) atoms. The molecule has 0 unspecified atom stereocenters. The number of carbonyl (C=O) groups is 1. The van der Waals surface area contributed by atoms with Crippen LogP contribution in [0.3, 0.4) is 0 Å². The first-order valence-corrected chi connectivity index (χ1v) is 2.94. The van der Waals surface area contributed by atoms with Crippen LogP contribution in [0.4, 0.5) is 5.95 Å². The zero-order valence-corrected chi connectivity index (χ0v) is 6.02. The van der Waals surface area contributed by atoms with Gasteiger partial charge in [-0.15, -0.1) is 0 Å². The maximum Gasteiger partial charge on any atom is 0.327 e. The molecule has 0 fully saturated rings. The molecular formula is C5H8N4O2. The Bertz CT molecular complexity index is 257. The number of carbonyl (C=O) groups excluding carboxylic acids is 1. The average Bonchev–Trinajstić information content (AvgIpc) is 2.37. The zero-order valence-electron chi connectivity index (χ0n) is 6.02. The van der Waals surface area contributed by atoms with E-state index in [1.165, 1.54) is 18.1 Å². The van der Waals surface area contributed by atoms with Crippen molar-refractivity contribution in [3.05, 3.63) is 6.33 Å². The first-order chi connectivity index (χ1) is 5.24. The number of rotatable bonds is 2. The van der Waals surface area contributed by atoms with Crippen molar-refractivity contribution >= 4 is 11.9 Å². The highest BCUT2D eigenvalue weighted by Gasteiger charge is 2.04. The van der Waals surface area contributed by atoms with Crippen molar-refractivity contribution in [2.75, 3.05) is 12.8 Å². The number of anilines is 1. The maximum absolute atomic E-state index is 10.7. The molecule has 0 saturated heterocycles. The molecule has 0 aliphatic carbocycles. The third kappa shape index (κ3) is 1.66. The lowest BCUT2D eigenvalue weighted by Crippen LogP contribution is -2.14. The molecule has 1 aromatic heterocycles. The highest BCUT2D eigenvalue weighted by molar-refractivity contribution is 5.69. The van der Waals surface area contributed by atoms with E-state index < -0.39 is 5.97 Å². The molecule has 60 valence electrons. The largest absolute Gasteiger partial charge is 0.468 e. The molecule has 1 aromatic rings. The standard InChI is InChI=1S/C5H8N4O2/c1-11-4(10)2-9-5(6)7-3-8-9/h3H,2H2,1H3,(H2,6,7,8). The summed E-state index contributed by atoms with van der Waals surface area (Å²) in [4.78, 5) is 14.3. The van der Waals surface area contributed by atoms with E-state index >= 15 is 0 Å². The molecule has 6 nitrogen and oxygen atoms in total. The second-order valence-corrected chi connectivity index (χ2v) is 1.85. The third-order valence-corrected chi connectivity index (χ3v) is 1.15. The van der Waals surface area contributed by atoms with Gasteiger partial charge in [0, 0.05) is 0 Å². The monoisotopic (exact) mass is 156 g/mol. The minimum absolute atomic E-state index is 0.00231. The lowest BCUT2D eigenvalue weighted by atomic mass is 10.6. The number of ether oxygens (including phenoxy) is 1. The summed E-state index contributed by atoms with van der Waals surface area (Å²) in [6.07, 6.45) is 1.28. The fraction of sp³-hybridized carbons (Fsp3) is 0.400. The van der Waals surface area contributed by atoms with Gasteiger partial charge in [-0.3, -0.25) is 4.79 Å². The van der Waals surface area contributed by atoms with Gasteiger partial charge in [-0.25, -0.2) is 9.67 Å². The van der Waals surface area contributed by atoms with Gasteiger partial charge in [-0.2, -0.15) is 5.10 Å². The highest BCUT2D eigenvalue weighted by atomic mass is 16.5. The third-order valence-electron chi connectivity index (χ3n) is 1.15. The molecule has 0 bridgehead atoms. The maximum atomic E-state index is 10.7. The van der Waals surface area contributed by atoms with Crippen LogP contribution in [0.1, 0.15) is 0 Å². The second-order valence-electron chi connectivity index (χ2n) is 1.85.